The number of hydrogen-bond donors (Lipinski definition) is 1. The molecule has 2 rings (SSSR count). The minimum atomic E-state index is 0. The fourth-order valence-corrected chi connectivity index (χ4v) is 2.63. The van der Waals surface area contributed by atoms with Crippen molar-refractivity contribution in [3.8, 4) is 0 Å². The standard InChI is InChI=1S/C13H24N2O2.ClH/c14-11-6-8-15(9-7-11)13(16)5-4-12-3-1-2-10-17-12;/h11-12H,1-10,14H2;1H. The number of halogens is 1. The largest absolute Gasteiger partial charge is 0.378 e. The topological polar surface area (TPSA) is 55.6 Å². The molecule has 18 heavy (non-hydrogen) atoms. The Bertz CT molecular complexity index is 249. The molecule has 2 aliphatic heterocycles. The zero-order chi connectivity index (χ0) is 12.1. The van der Waals surface area contributed by atoms with Crippen LogP contribution in [0.5, 0.6) is 0 Å². The van der Waals surface area contributed by atoms with Crippen LogP contribution >= 0.6 is 12.4 Å². The van der Waals surface area contributed by atoms with Crippen molar-refractivity contribution in [3.05, 3.63) is 0 Å². The molecule has 0 aromatic heterocycles. The van der Waals surface area contributed by atoms with Crippen molar-refractivity contribution in [2.24, 2.45) is 5.73 Å². The van der Waals surface area contributed by atoms with Crippen LogP contribution in [0, 0.1) is 0 Å². The smallest absolute Gasteiger partial charge is 0.222 e. The molecule has 5 heteroatoms. The molecule has 1 amide bonds. The number of ether oxygens (including phenoxy) is 1. The Labute approximate surface area is 116 Å². The summed E-state index contributed by atoms with van der Waals surface area (Å²) in [6.45, 7) is 2.55. The molecule has 1 unspecified atom stereocenters. The van der Waals surface area contributed by atoms with Gasteiger partial charge in [-0.05, 0) is 38.5 Å². The molecule has 2 saturated heterocycles. The second kappa shape index (κ2) is 7.97. The van der Waals surface area contributed by atoms with E-state index in [9.17, 15) is 4.79 Å². The Morgan fingerprint density at radius 2 is 1.94 bits per heavy atom. The summed E-state index contributed by atoms with van der Waals surface area (Å²) in [5.74, 6) is 0.283. The molecule has 106 valence electrons. The number of hydrogen-bond acceptors (Lipinski definition) is 3. The molecule has 0 radical (unpaired) electrons. The van der Waals surface area contributed by atoms with E-state index in [1.54, 1.807) is 0 Å². The minimum absolute atomic E-state index is 0. The first-order valence-corrected chi connectivity index (χ1v) is 6.90. The van der Waals surface area contributed by atoms with E-state index < -0.39 is 0 Å². The quantitative estimate of drug-likeness (QED) is 0.854. The van der Waals surface area contributed by atoms with Gasteiger partial charge in [0.1, 0.15) is 0 Å². The molecule has 0 bridgehead atoms. The summed E-state index contributed by atoms with van der Waals surface area (Å²) in [7, 11) is 0. The predicted octanol–water partition coefficient (Wildman–Crippen LogP) is 1.71. The Morgan fingerprint density at radius 1 is 1.22 bits per heavy atom. The van der Waals surface area contributed by atoms with Crippen molar-refractivity contribution in [2.45, 2.75) is 57.1 Å². The third-order valence-electron chi connectivity index (χ3n) is 3.85. The summed E-state index contributed by atoms with van der Waals surface area (Å²) in [5, 5.41) is 0. The van der Waals surface area contributed by atoms with E-state index in [-0.39, 0.29) is 18.3 Å². The third-order valence-corrected chi connectivity index (χ3v) is 3.85. The highest BCUT2D eigenvalue weighted by atomic mass is 35.5. The van der Waals surface area contributed by atoms with Gasteiger partial charge in [-0.3, -0.25) is 4.79 Å². The van der Waals surface area contributed by atoms with Crippen LogP contribution in [0.2, 0.25) is 0 Å². The van der Waals surface area contributed by atoms with E-state index in [1.165, 1.54) is 12.8 Å². The molecule has 0 saturated carbocycles. The fourth-order valence-electron chi connectivity index (χ4n) is 2.63. The predicted molar refractivity (Wildman–Crippen MR) is 73.9 cm³/mol. The van der Waals surface area contributed by atoms with Crippen molar-refractivity contribution in [1.29, 1.82) is 0 Å². The van der Waals surface area contributed by atoms with Crippen LogP contribution in [0.1, 0.15) is 44.9 Å². The Hall–Kier alpha value is -0.320. The highest BCUT2D eigenvalue weighted by Gasteiger charge is 2.22. The van der Waals surface area contributed by atoms with Crippen molar-refractivity contribution >= 4 is 18.3 Å². The number of amides is 1. The summed E-state index contributed by atoms with van der Waals surface area (Å²) >= 11 is 0. The van der Waals surface area contributed by atoms with Crippen molar-refractivity contribution in [2.75, 3.05) is 19.7 Å². The molecule has 0 spiro atoms. The second-order valence-electron chi connectivity index (χ2n) is 5.25. The van der Waals surface area contributed by atoms with Crippen LogP contribution in [-0.2, 0) is 9.53 Å². The molecule has 2 N–H and O–H groups in total. The van der Waals surface area contributed by atoms with Gasteiger partial charge in [-0.25, -0.2) is 0 Å². The minimum Gasteiger partial charge on any atom is -0.378 e. The van der Waals surface area contributed by atoms with Crippen LogP contribution in [0.4, 0.5) is 0 Å². The number of nitrogens with zero attached hydrogens (tertiary/aromatic N) is 1. The van der Waals surface area contributed by atoms with E-state index in [0.29, 0.717) is 18.6 Å². The van der Waals surface area contributed by atoms with Crippen LogP contribution in [0.15, 0.2) is 0 Å². The zero-order valence-electron chi connectivity index (χ0n) is 11.0. The number of carbonyl (C=O) groups excluding carboxylic acids is 1. The molecule has 0 aromatic carbocycles. The molecule has 2 heterocycles. The van der Waals surface area contributed by atoms with Gasteiger partial charge in [-0.1, -0.05) is 0 Å². The average molecular weight is 277 g/mol. The van der Waals surface area contributed by atoms with Crippen LogP contribution in [0.25, 0.3) is 0 Å². The highest BCUT2D eigenvalue weighted by molar-refractivity contribution is 5.85. The normalized spacial score (nSPS) is 25.6. The van der Waals surface area contributed by atoms with Crippen LogP contribution in [0.3, 0.4) is 0 Å². The Balaban J connectivity index is 0.00000162. The number of rotatable bonds is 3. The van der Waals surface area contributed by atoms with E-state index in [2.05, 4.69) is 0 Å². The number of nitrogens with two attached hydrogens (primary N) is 1. The monoisotopic (exact) mass is 276 g/mol. The van der Waals surface area contributed by atoms with E-state index in [0.717, 1.165) is 45.4 Å². The first kappa shape index (κ1) is 15.7. The summed E-state index contributed by atoms with van der Waals surface area (Å²) in [4.78, 5) is 13.9. The summed E-state index contributed by atoms with van der Waals surface area (Å²) < 4.78 is 5.64. The van der Waals surface area contributed by atoms with Crippen molar-refractivity contribution in [3.63, 3.8) is 0 Å². The van der Waals surface area contributed by atoms with E-state index in [4.69, 9.17) is 10.5 Å². The lowest BCUT2D eigenvalue weighted by Gasteiger charge is -2.31. The van der Waals surface area contributed by atoms with E-state index >= 15 is 0 Å². The first-order chi connectivity index (χ1) is 8.25. The molecular formula is C13H25ClN2O2. The van der Waals surface area contributed by atoms with Gasteiger partial charge in [0.05, 0.1) is 6.10 Å². The van der Waals surface area contributed by atoms with Gasteiger partial charge in [-0.15, -0.1) is 12.4 Å². The van der Waals surface area contributed by atoms with Gasteiger partial charge in [-0.2, -0.15) is 0 Å². The van der Waals surface area contributed by atoms with Crippen LogP contribution < -0.4 is 5.73 Å². The van der Waals surface area contributed by atoms with Gasteiger partial charge in [0.15, 0.2) is 0 Å². The maximum Gasteiger partial charge on any atom is 0.222 e. The molecule has 2 aliphatic rings. The molecule has 4 nitrogen and oxygen atoms in total. The summed E-state index contributed by atoms with van der Waals surface area (Å²) in [5.41, 5.74) is 5.83. The maximum atomic E-state index is 12.0. The van der Waals surface area contributed by atoms with Gasteiger partial charge in [0.2, 0.25) is 5.91 Å². The van der Waals surface area contributed by atoms with Gasteiger partial charge >= 0.3 is 0 Å². The molecule has 0 aliphatic carbocycles. The Morgan fingerprint density at radius 3 is 2.56 bits per heavy atom. The molecule has 2 fully saturated rings. The molecular weight excluding hydrogens is 252 g/mol. The van der Waals surface area contributed by atoms with Gasteiger partial charge in [0.25, 0.3) is 0 Å². The lowest BCUT2D eigenvalue weighted by Crippen LogP contribution is -2.43. The van der Waals surface area contributed by atoms with Crippen molar-refractivity contribution in [1.82, 2.24) is 4.90 Å². The number of piperidine rings is 1. The highest BCUT2D eigenvalue weighted by Crippen LogP contribution is 2.18. The zero-order valence-corrected chi connectivity index (χ0v) is 11.8. The maximum absolute atomic E-state index is 12.0. The van der Waals surface area contributed by atoms with Gasteiger partial charge < -0.3 is 15.4 Å². The summed E-state index contributed by atoms with van der Waals surface area (Å²) in [6.07, 6.45) is 7.29. The second-order valence-corrected chi connectivity index (χ2v) is 5.25. The Kier molecular flexibility index (Phi) is 6.97. The molecule has 0 aromatic rings. The lowest BCUT2D eigenvalue weighted by atomic mass is 10.0. The average Bonchev–Trinajstić information content (AvgIpc) is 2.38. The first-order valence-electron chi connectivity index (χ1n) is 6.90. The SMILES string of the molecule is Cl.NC1CCN(C(=O)CCC2CCCCO2)CC1. The number of carbonyl (C=O) groups is 1. The third kappa shape index (κ3) is 4.75. The lowest BCUT2D eigenvalue weighted by molar-refractivity contribution is -0.133. The molecule has 1 atom stereocenters. The van der Waals surface area contributed by atoms with Crippen molar-refractivity contribution < 1.29 is 9.53 Å². The van der Waals surface area contributed by atoms with Gasteiger partial charge in [0, 0.05) is 32.2 Å². The number of likely N-dealkylation sites (tertiary alicyclic amines) is 1. The summed E-state index contributed by atoms with van der Waals surface area (Å²) in [6, 6.07) is 0.292. The fraction of sp³-hybridized carbons (Fsp3) is 0.923. The van der Waals surface area contributed by atoms with Crippen LogP contribution in [-0.4, -0.2) is 42.6 Å². The van der Waals surface area contributed by atoms with E-state index in [1.807, 2.05) is 4.90 Å².